The number of para-hydroxylation sites is 1. The van der Waals surface area contributed by atoms with Crippen molar-refractivity contribution in [2.24, 2.45) is 0 Å². The molecule has 0 aliphatic carbocycles. The number of ether oxygens (including phenoxy) is 1. The van der Waals surface area contributed by atoms with Crippen molar-refractivity contribution >= 4 is 0 Å². The van der Waals surface area contributed by atoms with Crippen LogP contribution in [-0.2, 0) is 0 Å². The van der Waals surface area contributed by atoms with E-state index in [0.29, 0.717) is 19.6 Å². The van der Waals surface area contributed by atoms with Crippen molar-refractivity contribution in [3.05, 3.63) is 29.8 Å². The van der Waals surface area contributed by atoms with Gasteiger partial charge in [0.2, 0.25) is 0 Å². The molecule has 76 valence electrons. The smallest absolute Gasteiger partial charge is 0.124 e. The van der Waals surface area contributed by atoms with Crippen LogP contribution in [-0.4, -0.2) is 19.8 Å². The number of halogens is 1. The Labute approximate surface area is 83.1 Å². The largest absolute Gasteiger partial charge is 0.491 e. The quantitative estimate of drug-likeness (QED) is 0.742. The Kier molecular flexibility index (Phi) is 2.99. The van der Waals surface area contributed by atoms with E-state index in [0.717, 1.165) is 5.75 Å². The van der Waals surface area contributed by atoms with Crippen molar-refractivity contribution in [1.82, 2.24) is 5.32 Å². The molecule has 1 heterocycles. The third-order valence-electron chi connectivity index (χ3n) is 2.40. The number of hydrogen-bond donors (Lipinski definition) is 1. The maximum atomic E-state index is 11.9. The van der Waals surface area contributed by atoms with Gasteiger partial charge in [-0.2, -0.15) is 0 Å². The zero-order valence-electron chi connectivity index (χ0n) is 8.00. The fourth-order valence-electron chi connectivity index (χ4n) is 1.67. The number of alkyl halides is 1. The summed E-state index contributed by atoms with van der Waals surface area (Å²) in [5.74, 6) is 0.949. The first-order valence-corrected chi connectivity index (χ1v) is 4.93. The molecule has 1 N–H and O–H groups in total. The number of fused-ring (bicyclic) bond motifs is 1. The van der Waals surface area contributed by atoms with E-state index in [9.17, 15) is 4.39 Å². The van der Waals surface area contributed by atoms with Gasteiger partial charge >= 0.3 is 0 Å². The standard InChI is InChI=1S/C11H14FNO/c12-6-3-7-13-10-8-14-11-5-2-1-4-9(10)11/h1-2,4-5,10,13H,3,6-8H2. The van der Waals surface area contributed by atoms with Gasteiger partial charge in [0.25, 0.3) is 0 Å². The van der Waals surface area contributed by atoms with Gasteiger partial charge in [-0.3, -0.25) is 4.39 Å². The summed E-state index contributed by atoms with van der Waals surface area (Å²) in [7, 11) is 0. The predicted octanol–water partition coefficient (Wildman–Crippen LogP) is 2.07. The summed E-state index contributed by atoms with van der Waals surface area (Å²) in [5, 5.41) is 3.27. The van der Waals surface area contributed by atoms with E-state index < -0.39 is 0 Å². The van der Waals surface area contributed by atoms with Gasteiger partial charge in [0.1, 0.15) is 12.4 Å². The minimum Gasteiger partial charge on any atom is -0.491 e. The van der Waals surface area contributed by atoms with E-state index >= 15 is 0 Å². The topological polar surface area (TPSA) is 21.3 Å². The molecule has 0 amide bonds. The second-order valence-corrected chi connectivity index (χ2v) is 3.40. The van der Waals surface area contributed by atoms with Crippen LogP contribution in [0, 0.1) is 0 Å². The zero-order valence-corrected chi connectivity index (χ0v) is 8.00. The molecule has 14 heavy (non-hydrogen) atoms. The number of rotatable bonds is 4. The summed E-state index contributed by atoms with van der Waals surface area (Å²) in [5.41, 5.74) is 1.19. The summed E-state index contributed by atoms with van der Waals surface area (Å²) < 4.78 is 17.4. The van der Waals surface area contributed by atoms with Crippen molar-refractivity contribution in [2.45, 2.75) is 12.5 Å². The van der Waals surface area contributed by atoms with Crippen LogP contribution in [0.25, 0.3) is 0 Å². The van der Waals surface area contributed by atoms with Crippen molar-refractivity contribution in [2.75, 3.05) is 19.8 Å². The van der Waals surface area contributed by atoms with E-state index in [-0.39, 0.29) is 12.7 Å². The first-order chi connectivity index (χ1) is 6.92. The lowest BCUT2D eigenvalue weighted by Crippen LogP contribution is -2.23. The monoisotopic (exact) mass is 195 g/mol. The zero-order chi connectivity index (χ0) is 9.80. The van der Waals surface area contributed by atoms with E-state index in [1.54, 1.807) is 0 Å². The highest BCUT2D eigenvalue weighted by Gasteiger charge is 2.22. The Balaban J connectivity index is 1.96. The van der Waals surface area contributed by atoms with Crippen molar-refractivity contribution in [3.63, 3.8) is 0 Å². The van der Waals surface area contributed by atoms with Gasteiger partial charge in [-0.05, 0) is 19.0 Å². The number of nitrogens with one attached hydrogen (secondary N) is 1. The normalized spacial score (nSPS) is 19.1. The lowest BCUT2D eigenvalue weighted by Gasteiger charge is -2.09. The molecule has 1 aromatic carbocycles. The van der Waals surface area contributed by atoms with Gasteiger partial charge in [0.05, 0.1) is 12.7 Å². The lowest BCUT2D eigenvalue weighted by atomic mass is 10.1. The molecule has 0 saturated heterocycles. The molecule has 1 atom stereocenters. The minimum atomic E-state index is -0.262. The van der Waals surface area contributed by atoms with Crippen LogP contribution >= 0.6 is 0 Å². The minimum absolute atomic E-state index is 0.234. The van der Waals surface area contributed by atoms with Crippen LogP contribution < -0.4 is 10.1 Å². The van der Waals surface area contributed by atoms with E-state index in [4.69, 9.17) is 4.74 Å². The average Bonchev–Trinajstić information content (AvgIpc) is 2.63. The highest BCUT2D eigenvalue weighted by Crippen LogP contribution is 2.31. The van der Waals surface area contributed by atoms with Crippen LogP contribution in [0.3, 0.4) is 0 Å². The van der Waals surface area contributed by atoms with E-state index in [1.165, 1.54) is 5.56 Å². The third-order valence-corrected chi connectivity index (χ3v) is 2.40. The molecular formula is C11H14FNO. The van der Waals surface area contributed by atoms with Crippen LogP contribution in [0.1, 0.15) is 18.0 Å². The highest BCUT2D eigenvalue weighted by molar-refractivity contribution is 5.39. The molecule has 0 spiro atoms. The molecule has 2 rings (SSSR count). The van der Waals surface area contributed by atoms with Crippen molar-refractivity contribution < 1.29 is 9.13 Å². The SMILES string of the molecule is FCCCNC1COc2ccccc21. The van der Waals surface area contributed by atoms with Crippen LogP contribution in [0.15, 0.2) is 24.3 Å². The molecule has 2 nitrogen and oxygen atoms in total. The Morgan fingerprint density at radius 1 is 1.43 bits per heavy atom. The van der Waals surface area contributed by atoms with Crippen LogP contribution in [0.2, 0.25) is 0 Å². The fourth-order valence-corrected chi connectivity index (χ4v) is 1.67. The number of hydrogen-bond acceptors (Lipinski definition) is 2. The summed E-state index contributed by atoms with van der Waals surface area (Å²) in [6.45, 7) is 1.10. The molecule has 1 aliphatic heterocycles. The molecular weight excluding hydrogens is 181 g/mol. The molecule has 0 aromatic heterocycles. The van der Waals surface area contributed by atoms with Gasteiger partial charge in [0.15, 0.2) is 0 Å². The molecule has 1 aromatic rings. The maximum absolute atomic E-state index is 11.9. The Morgan fingerprint density at radius 3 is 3.14 bits per heavy atom. The summed E-state index contributed by atoms with van der Waals surface area (Å²) in [6.07, 6.45) is 0.568. The van der Waals surface area contributed by atoms with Gasteiger partial charge in [-0.25, -0.2) is 0 Å². The molecule has 3 heteroatoms. The number of benzene rings is 1. The van der Waals surface area contributed by atoms with Gasteiger partial charge < -0.3 is 10.1 Å². The molecule has 0 saturated carbocycles. The second-order valence-electron chi connectivity index (χ2n) is 3.40. The molecule has 0 fully saturated rings. The van der Waals surface area contributed by atoms with Gasteiger partial charge in [-0.15, -0.1) is 0 Å². The maximum Gasteiger partial charge on any atom is 0.124 e. The van der Waals surface area contributed by atoms with Gasteiger partial charge in [-0.1, -0.05) is 18.2 Å². The summed E-state index contributed by atoms with van der Waals surface area (Å²) >= 11 is 0. The molecule has 0 bridgehead atoms. The van der Waals surface area contributed by atoms with Gasteiger partial charge in [0, 0.05) is 5.56 Å². The molecule has 0 radical (unpaired) electrons. The van der Waals surface area contributed by atoms with E-state index in [1.807, 2.05) is 18.2 Å². The third kappa shape index (κ3) is 1.87. The van der Waals surface area contributed by atoms with Crippen molar-refractivity contribution in [1.29, 1.82) is 0 Å². The lowest BCUT2D eigenvalue weighted by molar-refractivity contribution is 0.308. The Bertz CT molecular complexity index is 303. The Hall–Kier alpha value is -1.09. The Morgan fingerprint density at radius 2 is 2.29 bits per heavy atom. The highest BCUT2D eigenvalue weighted by atomic mass is 19.1. The summed E-state index contributed by atoms with van der Waals surface area (Å²) in [4.78, 5) is 0. The van der Waals surface area contributed by atoms with Crippen LogP contribution in [0.4, 0.5) is 4.39 Å². The van der Waals surface area contributed by atoms with E-state index in [2.05, 4.69) is 11.4 Å². The second kappa shape index (κ2) is 4.42. The predicted molar refractivity (Wildman–Crippen MR) is 53.3 cm³/mol. The molecule has 1 unspecified atom stereocenters. The fraction of sp³-hybridized carbons (Fsp3) is 0.455. The first-order valence-electron chi connectivity index (χ1n) is 4.93. The first kappa shape index (κ1) is 9.46. The average molecular weight is 195 g/mol. The molecule has 1 aliphatic rings. The van der Waals surface area contributed by atoms with Crippen molar-refractivity contribution in [3.8, 4) is 5.75 Å². The van der Waals surface area contributed by atoms with Crippen LogP contribution in [0.5, 0.6) is 5.75 Å². The summed E-state index contributed by atoms with van der Waals surface area (Å²) in [6, 6.07) is 8.21.